The van der Waals surface area contributed by atoms with Crippen molar-refractivity contribution in [3.8, 4) is 0 Å². The van der Waals surface area contributed by atoms with Crippen LogP contribution in [0.25, 0.3) is 0 Å². The van der Waals surface area contributed by atoms with E-state index in [4.69, 9.17) is 0 Å². The van der Waals surface area contributed by atoms with Crippen molar-refractivity contribution in [2.24, 2.45) is 0 Å². The largest absolute Gasteiger partial charge is 0.319 e. The van der Waals surface area contributed by atoms with Gasteiger partial charge in [-0.2, -0.15) is 5.21 Å². The molecule has 0 saturated heterocycles. The average molecular weight is 231 g/mol. The lowest BCUT2D eigenvalue weighted by Crippen LogP contribution is -2.19. The Morgan fingerprint density at radius 1 is 1.29 bits per heavy atom. The van der Waals surface area contributed by atoms with Gasteiger partial charge in [0.1, 0.15) is 0 Å². The Bertz CT molecular complexity index is 434. The number of aromatic amines is 1. The summed E-state index contributed by atoms with van der Waals surface area (Å²) in [6.45, 7) is 2.95. The molecular weight excluding hydrogens is 214 g/mol. The minimum absolute atomic E-state index is 0.143. The highest BCUT2D eigenvalue weighted by molar-refractivity contribution is 5.29. The Kier molecular flexibility index (Phi) is 3.82. The first kappa shape index (κ1) is 11.7. The zero-order chi connectivity index (χ0) is 12.1. The van der Waals surface area contributed by atoms with Crippen molar-refractivity contribution >= 4 is 0 Å². The molecule has 1 aromatic heterocycles. The third-order valence-corrected chi connectivity index (χ3v) is 2.87. The Balaban J connectivity index is 2.26. The number of hydrogen-bond acceptors (Lipinski definition) is 4. The highest BCUT2D eigenvalue weighted by Crippen LogP contribution is 2.20. The molecule has 1 atom stereocenters. The summed E-state index contributed by atoms with van der Waals surface area (Å²) in [5, 5.41) is 17.4. The van der Waals surface area contributed by atoms with E-state index in [0.29, 0.717) is 0 Å². The van der Waals surface area contributed by atoms with Gasteiger partial charge in [0.25, 0.3) is 0 Å². The molecule has 90 valence electrons. The van der Waals surface area contributed by atoms with Crippen molar-refractivity contribution in [1.82, 2.24) is 25.9 Å². The third kappa shape index (κ3) is 2.68. The van der Waals surface area contributed by atoms with E-state index in [9.17, 15) is 0 Å². The Hall–Kier alpha value is -1.75. The van der Waals surface area contributed by atoms with Gasteiger partial charge in [0.05, 0.1) is 5.92 Å². The Morgan fingerprint density at radius 3 is 2.59 bits per heavy atom. The number of likely N-dealkylation sites (N-methyl/N-ethyl adjacent to an activating group) is 1. The molecule has 0 fully saturated rings. The van der Waals surface area contributed by atoms with E-state index in [-0.39, 0.29) is 5.92 Å². The normalized spacial score (nSPS) is 12.6. The predicted molar refractivity (Wildman–Crippen MR) is 65.8 cm³/mol. The van der Waals surface area contributed by atoms with E-state index in [1.807, 2.05) is 7.05 Å². The fourth-order valence-corrected chi connectivity index (χ4v) is 1.87. The van der Waals surface area contributed by atoms with Gasteiger partial charge >= 0.3 is 0 Å². The summed E-state index contributed by atoms with van der Waals surface area (Å²) in [5.41, 5.74) is 2.54. The fourth-order valence-electron chi connectivity index (χ4n) is 1.87. The summed E-state index contributed by atoms with van der Waals surface area (Å²) in [6.07, 6.45) is 1.05. The van der Waals surface area contributed by atoms with Gasteiger partial charge in [0, 0.05) is 6.54 Å². The molecular formula is C12H17N5. The molecule has 0 bridgehead atoms. The van der Waals surface area contributed by atoms with Crippen LogP contribution in [0.1, 0.15) is 29.8 Å². The van der Waals surface area contributed by atoms with Crippen LogP contribution in [0.4, 0.5) is 0 Å². The molecule has 0 saturated carbocycles. The molecule has 0 aliphatic heterocycles. The second kappa shape index (κ2) is 5.54. The van der Waals surface area contributed by atoms with Crippen molar-refractivity contribution in [3.63, 3.8) is 0 Å². The first-order chi connectivity index (χ1) is 8.35. The number of nitrogens with one attached hydrogen (secondary N) is 2. The second-order valence-corrected chi connectivity index (χ2v) is 3.98. The number of rotatable bonds is 5. The highest BCUT2D eigenvalue weighted by Gasteiger charge is 2.17. The molecule has 5 nitrogen and oxygen atoms in total. The van der Waals surface area contributed by atoms with Crippen LogP contribution in [0.2, 0.25) is 0 Å². The van der Waals surface area contributed by atoms with E-state index < -0.39 is 0 Å². The molecule has 5 heteroatoms. The molecule has 2 N–H and O–H groups in total. The van der Waals surface area contributed by atoms with Gasteiger partial charge in [-0.1, -0.05) is 36.4 Å². The van der Waals surface area contributed by atoms with Gasteiger partial charge in [-0.05, 0) is 24.6 Å². The van der Waals surface area contributed by atoms with Gasteiger partial charge < -0.3 is 5.32 Å². The van der Waals surface area contributed by atoms with Gasteiger partial charge in [-0.25, -0.2) is 0 Å². The van der Waals surface area contributed by atoms with E-state index in [1.54, 1.807) is 0 Å². The smallest absolute Gasteiger partial charge is 0.183 e. The third-order valence-electron chi connectivity index (χ3n) is 2.87. The zero-order valence-electron chi connectivity index (χ0n) is 10.1. The van der Waals surface area contributed by atoms with Crippen LogP contribution in [0.3, 0.4) is 0 Å². The van der Waals surface area contributed by atoms with Gasteiger partial charge in [0.15, 0.2) is 5.82 Å². The number of tetrazole rings is 1. The first-order valence-electron chi connectivity index (χ1n) is 5.82. The second-order valence-electron chi connectivity index (χ2n) is 3.98. The fraction of sp³-hybridized carbons (Fsp3) is 0.417. The standard InChI is InChI=1S/C12H17N5/c1-3-9-4-6-10(7-5-9)11(8-13-2)12-14-16-17-15-12/h4-7,11,13H,3,8H2,1-2H3,(H,14,15,16,17). The quantitative estimate of drug-likeness (QED) is 0.809. The van der Waals surface area contributed by atoms with Crippen LogP contribution < -0.4 is 5.32 Å². The predicted octanol–water partition coefficient (Wildman–Crippen LogP) is 1.11. The van der Waals surface area contributed by atoms with Crippen molar-refractivity contribution in [2.75, 3.05) is 13.6 Å². The summed E-state index contributed by atoms with van der Waals surface area (Å²) < 4.78 is 0. The summed E-state index contributed by atoms with van der Waals surface area (Å²) >= 11 is 0. The van der Waals surface area contributed by atoms with Crippen LogP contribution >= 0.6 is 0 Å². The number of H-pyrrole nitrogens is 1. The lowest BCUT2D eigenvalue weighted by atomic mass is 9.97. The molecule has 1 unspecified atom stereocenters. The minimum atomic E-state index is 0.143. The van der Waals surface area contributed by atoms with Crippen molar-refractivity contribution in [3.05, 3.63) is 41.2 Å². The molecule has 17 heavy (non-hydrogen) atoms. The van der Waals surface area contributed by atoms with Crippen molar-refractivity contribution in [2.45, 2.75) is 19.3 Å². The average Bonchev–Trinajstić information content (AvgIpc) is 2.90. The zero-order valence-corrected chi connectivity index (χ0v) is 10.1. The van der Waals surface area contributed by atoms with E-state index in [0.717, 1.165) is 18.8 Å². The van der Waals surface area contributed by atoms with Crippen molar-refractivity contribution in [1.29, 1.82) is 0 Å². The van der Waals surface area contributed by atoms with E-state index in [2.05, 4.69) is 57.1 Å². The maximum Gasteiger partial charge on any atom is 0.183 e. The number of aromatic nitrogens is 4. The molecule has 0 aliphatic carbocycles. The number of nitrogens with zero attached hydrogens (tertiary/aromatic N) is 3. The topological polar surface area (TPSA) is 66.5 Å². The van der Waals surface area contributed by atoms with E-state index in [1.165, 1.54) is 11.1 Å². The summed E-state index contributed by atoms with van der Waals surface area (Å²) in [6, 6.07) is 8.57. The molecule has 1 aromatic carbocycles. The van der Waals surface area contributed by atoms with Gasteiger partial charge in [-0.3, -0.25) is 0 Å². The molecule has 0 amide bonds. The summed E-state index contributed by atoms with van der Waals surface area (Å²) in [7, 11) is 1.92. The van der Waals surface area contributed by atoms with Gasteiger partial charge in [0.2, 0.25) is 0 Å². The number of benzene rings is 1. The van der Waals surface area contributed by atoms with Crippen LogP contribution in [0.5, 0.6) is 0 Å². The van der Waals surface area contributed by atoms with Crippen LogP contribution in [-0.2, 0) is 6.42 Å². The Morgan fingerprint density at radius 2 is 2.06 bits per heavy atom. The first-order valence-corrected chi connectivity index (χ1v) is 5.82. The maximum atomic E-state index is 4.07. The van der Waals surface area contributed by atoms with Gasteiger partial charge in [-0.15, -0.1) is 10.2 Å². The summed E-state index contributed by atoms with van der Waals surface area (Å²) in [4.78, 5) is 0. The summed E-state index contributed by atoms with van der Waals surface area (Å²) in [5.74, 6) is 0.869. The molecule has 2 aromatic rings. The highest BCUT2D eigenvalue weighted by atomic mass is 15.5. The Labute approximate surface area is 101 Å². The molecule has 0 spiro atoms. The maximum absolute atomic E-state index is 4.07. The molecule has 0 aliphatic rings. The monoisotopic (exact) mass is 231 g/mol. The molecule has 1 heterocycles. The van der Waals surface area contributed by atoms with Crippen LogP contribution in [-0.4, -0.2) is 34.2 Å². The van der Waals surface area contributed by atoms with Crippen LogP contribution in [0, 0.1) is 0 Å². The van der Waals surface area contributed by atoms with Crippen molar-refractivity contribution < 1.29 is 0 Å². The lowest BCUT2D eigenvalue weighted by molar-refractivity contribution is 0.672. The molecule has 0 radical (unpaired) electrons. The lowest BCUT2D eigenvalue weighted by Gasteiger charge is -2.13. The number of aryl methyl sites for hydroxylation is 1. The minimum Gasteiger partial charge on any atom is -0.319 e. The van der Waals surface area contributed by atoms with Crippen LogP contribution in [0.15, 0.2) is 24.3 Å². The van der Waals surface area contributed by atoms with E-state index >= 15 is 0 Å². The molecule has 2 rings (SSSR count). The number of hydrogen-bond donors (Lipinski definition) is 2. The SMILES string of the molecule is CCc1ccc(C(CNC)c2nn[nH]n2)cc1.